The Morgan fingerprint density at radius 2 is 2.20 bits per heavy atom. The van der Waals surface area contributed by atoms with Crippen LogP contribution in [-0.2, 0) is 4.74 Å². The molecule has 1 heterocycles. The standard InChI is InChI=1S/C11H22N2O2/c1-4-8(2)12-11(14)13-9(3)10-6-5-7-15-10/h8-10H,4-7H2,1-3H3,(H2,12,13,14). The lowest BCUT2D eigenvalue weighted by molar-refractivity contribution is 0.0859. The van der Waals surface area contributed by atoms with Crippen molar-refractivity contribution in [2.24, 2.45) is 0 Å². The third kappa shape index (κ3) is 4.08. The highest BCUT2D eigenvalue weighted by atomic mass is 16.5. The van der Waals surface area contributed by atoms with Gasteiger partial charge in [0, 0.05) is 12.6 Å². The number of carbonyl (C=O) groups is 1. The first-order valence-corrected chi connectivity index (χ1v) is 5.82. The monoisotopic (exact) mass is 214 g/mol. The van der Waals surface area contributed by atoms with Crippen molar-refractivity contribution in [1.29, 1.82) is 0 Å². The zero-order chi connectivity index (χ0) is 11.3. The van der Waals surface area contributed by atoms with Gasteiger partial charge in [-0.05, 0) is 33.1 Å². The average molecular weight is 214 g/mol. The van der Waals surface area contributed by atoms with E-state index in [2.05, 4.69) is 17.6 Å². The van der Waals surface area contributed by atoms with E-state index in [1.807, 2.05) is 13.8 Å². The quantitative estimate of drug-likeness (QED) is 0.747. The number of carbonyl (C=O) groups excluding carboxylic acids is 1. The van der Waals surface area contributed by atoms with Gasteiger partial charge in [-0.15, -0.1) is 0 Å². The van der Waals surface area contributed by atoms with Gasteiger partial charge in [-0.2, -0.15) is 0 Å². The number of hydrogen-bond acceptors (Lipinski definition) is 2. The summed E-state index contributed by atoms with van der Waals surface area (Å²) in [6.45, 7) is 6.86. The van der Waals surface area contributed by atoms with Gasteiger partial charge in [0.1, 0.15) is 0 Å². The third-order valence-corrected chi connectivity index (χ3v) is 2.87. The van der Waals surface area contributed by atoms with Crippen LogP contribution in [0.3, 0.4) is 0 Å². The maximum Gasteiger partial charge on any atom is 0.315 e. The molecule has 1 saturated heterocycles. The summed E-state index contributed by atoms with van der Waals surface area (Å²) in [4.78, 5) is 11.5. The van der Waals surface area contributed by atoms with Crippen molar-refractivity contribution in [1.82, 2.24) is 10.6 Å². The SMILES string of the molecule is CCC(C)NC(=O)NC(C)C1CCCO1. The maximum absolute atomic E-state index is 11.5. The van der Waals surface area contributed by atoms with E-state index in [9.17, 15) is 4.79 Å². The van der Waals surface area contributed by atoms with Crippen LogP contribution in [0.25, 0.3) is 0 Å². The minimum absolute atomic E-state index is 0.0904. The summed E-state index contributed by atoms with van der Waals surface area (Å²) in [5.41, 5.74) is 0. The summed E-state index contributed by atoms with van der Waals surface area (Å²) in [5.74, 6) is 0. The molecular formula is C11H22N2O2. The molecule has 15 heavy (non-hydrogen) atoms. The number of amides is 2. The van der Waals surface area contributed by atoms with Crippen molar-refractivity contribution in [2.75, 3.05) is 6.61 Å². The van der Waals surface area contributed by atoms with Crippen LogP contribution in [0.4, 0.5) is 4.79 Å². The van der Waals surface area contributed by atoms with Gasteiger partial charge in [-0.3, -0.25) is 0 Å². The fourth-order valence-corrected chi connectivity index (χ4v) is 1.66. The molecule has 1 rings (SSSR count). The molecule has 0 spiro atoms. The Balaban J connectivity index is 2.24. The predicted octanol–water partition coefficient (Wildman–Crippen LogP) is 1.65. The Hall–Kier alpha value is -0.770. The highest BCUT2D eigenvalue weighted by Gasteiger charge is 2.23. The molecule has 0 aromatic heterocycles. The molecule has 3 atom stereocenters. The maximum atomic E-state index is 11.5. The Labute approximate surface area is 91.8 Å². The molecule has 0 aliphatic carbocycles. The van der Waals surface area contributed by atoms with Crippen LogP contribution < -0.4 is 10.6 Å². The number of rotatable bonds is 4. The zero-order valence-electron chi connectivity index (χ0n) is 9.88. The molecule has 0 aromatic carbocycles. The van der Waals surface area contributed by atoms with Gasteiger partial charge in [0.15, 0.2) is 0 Å². The fraction of sp³-hybridized carbons (Fsp3) is 0.909. The van der Waals surface area contributed by atoms with Gasteiger partial charge >= 0.3 is 6.03 Å². The second kappa shape index (κ2) is 5.95. The van der Waals surface area contributed by atoms with Crippen LogP contribution in [-0.4, -0.2) is 30.8 Å². The van der Waals surface area contributed by atoms with E-state index in [1.165, 1.54) is 0 Å². The van der Waals surface area contributed by atoms with E-state index < -0.39 is 0 Å². The van der Waals surface area contributed by atoms with Crippen molar-refractivity contribution in [3.05, 3.63) is 0 Å². The van der Waals surface area contributed by atoms with E-state index in [0.29, 0.717) is 0 Å². The van der Waals surface area contributed by atoms with Crippen LogP contribution in [0.1, 0.15) is 40.0 Å². The molecule has 0 saturated carbocycles. The molecule has 88 valence electrons. The largest absolute Gasteiger partial charge is 0.376 e. The van der Waals surface area contributed by atoms with Crippen molar-refractivity contribution >= 4 is 6.03 Å². The molecule has 2 N–H and O–H groups in total. The number of nitrogens with one attached hydrogen (secondary N) is 2. The summed E-state index contributed by atoms with van der Waals surface area (Å²) in [7, 11) is 0. The van der Waals surface area contributed by atoms with Gasteiger partial charge in [0.2, 0.25) is 0 Å². The molecule has 3 unspecified atom stereocenters. The Morgan fingerprint density at radius 1 is 1.47 bits per heavy atom. The molecule has 2 amide bonds. The lowest BCUT2D eigenvalue weighted by Gasteiger charge is -2.21. The van der Waals surface area contributed by atoms with Crippen molar-refractivity contribution in [3.8, 4) is 0 Å². The van der Waals surface area contributed by atoms with Gasteiger partial charge in [-0.25, -0.2) is 4.79 Å². The molecule has 0 radical (unpaired) electrons. The minimum atomic E-state index is -0.0904. The highest BCUT2D eigenvalue weighted by molar-refractivity contribution is 5.74. The van der Waals surface area contributed by atoms with E-state index in [0.717, 1.165) is 25.9 Å². The summed E-state index contributed by atoms with van der Waals surface area (Å²) >= 11 is 0. The van der Waals surface area contributed by atoms with Crippen molar-refractivity contribution in [2.45, 2.75) is 58.2 Å². The van der Waals surface area contributed by atoms with Gasteiger partial charge in [0.25, 0.3) is 0 Å². The molecular weight excluding hydrogens is 192 g/mol. The molecule has 4 nitrogen and oxygen atoms in total. The van der Waals surface area contributed by atoms with Crippen molar-refractivity contribution in [3.63, 3.8) is 0 Å². The topological polar surface area (TPSA) is 50.4 Å². The summed E-state index contributed by atoms with van der Waals surface area (Å²) in [6, 6.07) is 0.227. The smallest absolute Gasteiger partial charge is 0.315 e. The number of ether oxygens (including phenoxy) is 1. The Bertz CT molecular complexity index is 203. The summed E-state index contributed by atoms with van der Waals surface area (Å²) < 4.78 is 5.50. The van der Waals surface area contributed by atoms with Crippen LogP contribution in [0.5, 0.6) is 0 Å². The first kappa shape index (κ1) is 12.3. The van der Waals surface area contributed by atoms with Gasteiger partial charge in [-0.1, -0.05) is 6.92 Å². The minimum Gasteiger partial charge on any atom is -0.376 e. The van der Waals surface area contributed by atoms with Crippen LogP contribution in [0.2, 0.25) is 0 Å². The number of urea groups is 1. The van der Waals surface area contributed by atoms with Gasteiger partial charge < -0.3 is 15.4 Å². The van der Waals surface area contributed by atoms with Crippen LogP contribution >= 0.6 is 0 Å². The highest BCUT2D eigenvalue weighted by Crippen LogP contribution is 2.15. The first-order valence-electron chi connectivity index (χ1n) is 5.82. The molecule has 4 heteroatoms. The predicted molar refractivity (Wildman–Crippen MR) is 59.9 cm³/mol. The molecule has 1 aliphatic rings. The first-order chi connectivity index (χ1) is 7.13. The molecule has 1 aliphatic heterocycles. The normalized spacial score (nSPS) is 24.6. The summed E-state index contributed by atoms with van der Waals surface area (Å²) in [5, 5.41) is 5.79. The Kier molecular flexibility index (Phi) is 4.88. The number of hydrogen-bond donors (Lipinski definition) is 2. The molecule has 0 aromatic rings. The Morgan fingerprint density at radius 3 is 2.73 bits per heavy atom. The zero-order valence-corrected chi connectivity index (χ0v) is 9.88. The van der Waals surface area contributed by atoms with Crippen LogP contribution in [0, 0.1) is 0 Å². The van der Waals surface area contributed by atoms with Gasteiger partial charge in [0.05, 0.1) is 12.1 Å². The molecule has 1 fully saturated rings. The second-order valence-electron chi connectivity index (χ2n) is 4.27. The van der Waals surface area contributed by atoms with E-state index in [4.69, 9.17) is 4.74 Å². The van der Waals surface area contributed by atoms with E-state index in [-0.39, 0.29) is 24.2 Å². The fourth-order valence-electron chi connectivity index (χ4n) is 1.66. The average Bonchev–Trinajstić information content (AvgIpc) is 2.70. The second-order valence-corrected chi connectivity index (χ2v) is 4.27. The van der Waals surface area contributed by atoms with E-state index >= 15 is 0 Å². The summed E-state index contributed by atoms with van der Waals surface area (Å²) in [6.07, 6.45) is 3.28. The van der Waals surface area contributed by atoms with Crippen LogP contribution in [0.15, 0.2) is 0 Å². The van der Waals surface area contributed by atoms with E-state index in [1.54, 1.807) is 0 Å². The molecule has 0 bridgehead atoms. The van der Waals surface area contributed by atoms with Crippen molar-refractivity contribution < 1.29 is 9.53 Å². The third-order valence-electron chi connectivity index (χ3n) is 2.87. The lowest BCUT2D eigenvalue weighted by atomic mass is 10.1. The lowest BCUT2D eigenvalue weighted by Crippen LogP contribution is -2.48.